The van der Waals surface area contributed by atoms with Crippen LogP contribution in [0.5, 0.6) is 0 Å². The fraction of sp³-hybridized carbons (Fsp3) is 0.231. The van der Waals surface area contributed by atoms with E-state index in [2.05, 4.69) is 15.9 Å². The highest BCUT2D eigenvalue weighted by atomic mass is 79.9. The first-order valence-electron chi connectivity index (χ1n) is 5.18. The predicted octanol–water partition coefficient (Wildman–Crippen LogP) is 4.86. The zero-order chi connectivity index (χ0) is 12.6. The van der Waals surface area contributed by atoms with Gasteiger partial charge >= 0.3 is 0 Å². The number of hydrogen-bond acceptors (Lipinski definition) is 2. The SMILES string of the molecule is Cc1cc(C(O)c2sccc2Cl)c(C)cc1Br. The van der Waals surface area contributed by atoms with E-state index in [-0.39, 0.29) is 0 Å². The lowest BCUT2D eigenvalue weighted by Crippen LogP contribution is -2.01. The summed E-state index contributed by atoms with van der Waals surface area (Å²) in [5.41, 5.74) is 3.08. The Kier molecular flexibility index (Phi) is 3.93. The van der Waals surface area contributed by atoms with E-state index in [1.807, 2.05) is 37.4 Å². The Balaban J connectivity index is 2.48. The zero-order valence-corrected chi connectivity index (χ0v) is 12.7. The van der Waals surface area contributed by atoms with Crippen LogP contribution in [0.15, 0.2) is 28.1 Å². The molecule has 4 heteroatoms. The topological polar surface area (TPSA) is 20.2 Å². The summed E-state index contributed by atoms with van der Waals surface area (Å²) in [7, 11) is 0. The number of thiophene rings is 1. The minimum atomic E-state index is -0.644. The molecule has 0 aliphatic heterocycles. The lowest BCUT2D eigenvalue weighted by molar-refractivity contribution is 0.223. The standard InChI is InChI=1S/C13H12BrClOS/c1-7-6-10(14)8(2)5-9(7)12(16)13-11(15)3-4-17-13/h3-6,12,16H,1-2H3. The van der Waals surface area contributed by atoms with Gasteiger partial charge in [0, 0.05) is 4.47 Å². The number of aliphatic hydroxyl groups is 1. The third-order valence-corrected chi connectivity index (χ3v) is 5.00. The van der Waals surface area contributed by atoms with Gasteiger partial charge in [-0.05, 0) is 48.1 Å². The number of aryl methyl sites for hydroxylation is 2. The summed E-state index contributed by atoms with van der Waals surface area (Å²) in [6.45, 7) is 4.00. The van der Waals surface area contributed by atoms with Gasteiger partial charge in [0.1, 0.15) is 6.10 Å². The van der Waals surface area contributed by atoms with Crippen LogP contribution in [0, 0.1) is 13.8 Å². The van der Waals surface area contributed by atoms with Crippen LogP contribution in [-0.2, 0) is 0 Å². The van der Waals surface area contributed by atoms with Crippen LogP contribution in [0.4, 0.5) is 0 Å². The van der Waals surface area contributed by atoms with Crippen LogP contribution < -0.4 is 0 Å². The molecule has 2 aromatic rings. The highest BCUT2D eigenvalue weighted by Gasteiger charge is 2.18. The third-order valence-electron chi connectivity index (χ3n) is 2.73. The summed E-state index contributed by atoms with van der Waals surface area (Å²) in [5.74, 6) is 0. The molecule has 0 saturated heterocycles. The molecule has 0 bridgehead atoms. The van der Waals surface area contributed by atoms with Gasteiger partial charge < -0.3 is 5.11 Å². The molecule has 0 fully saturated rings. The summed E-state index contributed by atoms with van der Waals surface area (Å²) in [6, 6.07) is 5.83. The van der Waals surface area contributed by atoms with E-state index in [1.54, 1.807) is 0 Å². The van der Waals surface area contributed by atoms with Gasteiger partial charge in [0.05, 0.1) is 9.90 Å². The van der Waals surface area contributed by atoms with E-state index in [1.165, 1.54) is 11.3 Å². The van der Waals surface area contributed by atoms with Gasteiger partial charge in [0.15, 0.2) is 0 Å². The maximum atomic E-state index is 10.4. The monoisotopic (exact) mass is 330 g/mol. The molecule has 0 spiro atoms. The molecule has 0 aliphatic carbocycles. The third kappa shape index (κ3) is 2.58. The molecule has 1 nitrogen and oxygen atoms in total. The molecule has 90 valence electrons. The molecule has 0 aliphatic rings. The first-order chi connectivity index (χ1) is 8.00. The molecular formula is C13H12BrClOS. The van der Waals surface area contributed by atoms with Gasteiger partial charge in [-0.1, -0.05) is 33.6 Å². The van der Waals surface area contributed by atoms with Crippen molar-refractivity contribution in [3.8, 4) is 0 Å². The highest BCUT2D eigenvalue weighted by Crippen LogP contribution is 2.35. The summed E-state index contributed by atoms with van der Waals surface area (Å²) >= 11 is 11.0. The first kappa shape index (κ1) is 13.1. The van der Waals surface area contributed by atoms with Crippen molar-refractivity contribution in [2.75, 3.05) is 0 Å². The van der Waals surface area contributed by atoms with Crippen LogP contribution >= 0.6 is 38.9 Å². The second-order valence-electron chi connectivity index (χ2n) is 3.99. The molecule has 0 amide bonds. The van der Waals surface area contributed by atoms with Gasteiger partial charge in [-0.15, -0.1) is 11.3 Å². The number of aliphatic hydroxyl groups excluding tert-OH is 1. The van der Waals surface area contributed by atoms with Gasteiger partial charge in [-0.3, -0.25) is 0 Å². The van der Waals surface area contributed by atoms with Gasteiger partial charge in [0.25, 0.3) is 0 Å². The van der Waals surface area contributed by atoms with E-state index < -0.39 is 6.10 Å². The largest absolute Gasteiger partial charge is 0.383 e. The van der Waals surface area contributed by atoms with Gasteiger partial charge in [0.2, 0.25) is 0 Å². The number of hydrogen-bond donors (Lipinski definition) is 1. The maximum absolute atomic E-state index is 10.4. The second kappa shape index (κ2) is 5.11. The van der Waals surface area contributed by atoms with E-state index in [4.69, 9.17) is 11.6 Å². The van der Waals surface area contributed by atoms with Crippen molar-refractivity contribution < 1.29 is 5.11 Å². The summed E-state index contributed by atoms with van der Waals surface area (Å²) in [5, 5.41) is 12.9. The van der Waals surface area contributed by atoms with Crippen molar-refractivity contribution in [3.05, 3.63) is 54.6 Å². The molecule has 17 heavy (non-hydrogen) atoms. The van der Waals surface area contributed by atoms with Crippen molar-refractivity contribution in [2.24, 2.45) is 0 Å². The van der Waals surface area contributed by atoms with Crippen LogP contribution in [0.2, 0.25) is 5.02 Å². The molecule has 1 unspecified atom stereocenters. The van der Waals surface area contributed by atoms with Crippen molar-refractivity contribution in [2.45, 2.75) is 20.0 Å². The summed E-state index contributed by atoms with van der Waals surface area (Å²) in [6.07, 6.45) is -0.644. The average molecular weight is 332 g/mol. The fourth-order valence-electron chi connectivity index (χ4n) is 1.74. The average Bonchev–Trinajstić information content (AvgIpc) is 2.69. The molecular weight excluding hydrogens is 320 g/mol. The minimum absolute atomic E-state index is 0.627. The smallest absolute Gasteiger partial charge is 0.115 e. The van der Waals surface area contributed by atoms with E-state index in [9.17, 15) is 5.11 Å². The summed E-state index contributed by atoms with van der Waals surface area (Å²) in [4.78, 5) is 0.802. The summed E-state index contributed by atoms with van der Waals surface area (Å²) < 4.78 is 1.06. The van der Waals surface area contributed by atoms with Gasteiger partial charge in [-0.25, -0.2) is 0 Å². The Morgan fingerprint density at radius 2 is 2.00 bits per heavy atom. The molecule has 1 N–H and O–H groups in total. The van der Waals surface area contributed by atoms with Crippen LogP contribution in [0.3, 0.4) is 0 Å². The van der Waals surface area contributed by atoms with Gasteiger partial charge in [-0.2, -0.15) is 0 Å². The Hall–Kier alpha value is -0.350. The Morgan fingerprint density at radius 3 is 2.59 bits per heavy atom. The minimum Gasteiger partial charge on any atom is -0.383 e. The first-order valence-corrected chi connectivity index (χ1v) is 7.23. The van der Waals surface area contributed by atoms with Crippen molar-refractivity contribution in [1.29, 1.82) is 0 Å². The molecule has 1 aromatic heterocycles. The quantitative estimate of drug-likeness (QED) is 0.833. The normalized spacial score (nSPS) is 12.8. The molecule has 1 atom stereocenters. The molecule has 1 aromatic carbocycles. The van der Waals surface area contributed by atoms with E-state index in [0.29, 0.717) is 5.02 Å². The van der Waals surface area contributed by atoms with E-state index in [0.717, 1.165) is 26.0 Å². The second-order valence-corrected chi connectivity index (χ2v) is 6.20. The highest BCUT2D eigenvalue weighted by molar-refractivity contribution is 9.10. The maximum Gasteiger partial charge on any atom is 0.115 e. The lowest BCUT2D eigenvalue weighted by atomic mass is 10.00. The predicted molar refractivity (Wildman–Crippen MR) is 77.0 cm³/mol. The van der Waals surface area contributed by atoms with E-state index >= 15 is 0 Å². The Morgan fingerprint density at radius 1 is 1.29 bits per heavy atom. The van der Waals surface area contributed by atoms with Crippen LogP contribution in [0.1, 0.15) is 27.7 Å². The fourth-order valence-corrected chi connectivity index (χ4v) is 3.36. The lowest BCUT2D eigenvalue weighted by Gasteiger charge is -2.14. The van der Waals surface area contributed by atoms with Crippen molar-refractivity contribution >= 4 is 38.9 Å². The molecule has 0 radical (unpaired) electrons. The van der Waals surface area contributed by atoms with Crippen LogP contribution in [-0.4, -0.2) is 5.11 Å². The number of halogens is 2. The molecule has 2 rings (SSSR count). The number of rotatable bonds is 2. The van der Waals surface area contributed by atoms with Crippen molar-refractivity contribution in [1.82, 2.24) is 0 Å². The molecule has 1 heterocycles. The molecule has 0 saturated carbocycles. The zero-order valence-electron chi connectivity index (χ0n) is 9.50. The van der Waals surface area contributed by atoms with Crippen molar-refractivity contribution in [3.63, 3.8) is 0 Å². The Labute approximate surface area is 118 Å². The number of benzene rings is 1. The van der Waals surface area contributed by atoms with Crippen LogP contribution in [0.25, 0.3) is 0 Å². The Bertz CT molecular complexity index is 550.